The van der Waals surface area contributed by atoms with E-state index in [2.05, 4.69) is 46.3 Å². The molecule has 7 atom stereocenters. The predicted octanol–water partition coefficient (Wildman–Crippen LogP) is 5.06. The zero-order valence-electron chi connectivity index (χ0n) is 18.9. The summed E-state index contributed by atoms with van der Waals surface area (Å²) in [5.74, 6) is 3.22. The lowest BCUT2D eigenvalue weighted by Gasteiger charge is -2.61. The normalized spacial score (nSPS) is 42.5. The van der Waals surface area contributed by atoms with Gasteiger partial charge in [0, 0.05) is 36.1 Å². The summed E-state index contributed by atoms with van der Waals surface area (Å²) in [5, 5.41) is 6.14. The number of hydrogen-bond donors (Lipinski definition) is 2. The van der Waals surface area contributed by atoms with Gasteiger partial charge in [-0.05, 0) is 87.4 Å². The van der Waals surface area contributed by atoms with E-state index in [4.69, 9.17) is 0 Å². The van der Waals surface area contributed by atoms with Gasteiger partial charge in [0.15, 0.2) is 0 Å². The van der Waals surface area contributed by atoms with Crippen molar-refractivity contribution in [3.05, 3.63) is 24.8 Å². The van der Waals surface area contributed by atoms with Crippen LogP contribution in [0.15, 0.2) is 24.8 Å². The molecule has 1 heterocycles. The number of carbonyl (C=O) groups is 1. The van der Waals surface area contributed by atoms with Gasteiger partial charge in [0.05, 0.1) is 6.33 Å². The first-order valence-corrected chi connectivity index (χ1v) is 12.2. The summed E-state index contributed by atoms with van der Waals surface area (Å²) < 4.78 is 2.27. The average Bonchev–Trinajstić information content (AvgIpc) is 3.35. The maximum absolute atomic E-state index is 12.0. The molecule has 0 spiro atoms. The second kappa shape index (κ2) is 7.42. The van der Waals surface area contributed by atoms with E-state index in [9.17, 15) is 4.79 Å². The van der Waals surface area contributed by atoms with Gasteiger partial charge in [-0.15, -0.1) is 0 Å². The number of aromatic nitrogens is 2. The maximum Gasteiger partial charge on any atom is 0.314 e. The monoisotopic (exact) mass is 410 g/mol. The van der Waals surface area contributed by atoms with Crippen molar-refractivity contribution in [3.63, 3.8) is 0 Å². The van der Waals surface area contributed by atoms with Gasteiger partial charge in [0.25, 0.3) is 0 Å². The third-order valence-electron chi connectivity index (χ3n) is 9.66. The Bertz CT molecular complexity index is 817. The average molecular weight is 411 g/mol. The SMILES string of the molecule is CCNC(=O)N[C@@H]1CC[C@@]2(C)C(CC[C@@H]3[C@@H]2CC[C@]2(C)C(n4ccnc4)=CC[C@@H]32)C1. The molecule has 2 amide bonds. The van der Waals surface area contributed by atoms with Crippen molar-refractivity contribution in [1.82, 2.24) is 20.2 Å². The van der Waals surface area contributed by atoms with Crippen molar-refractivity contribution in [1.29, 1.82) is 0 Å². The molecular weight excluding hydrogens is 372 g/mol. The molecule has 5 nitrogen and oxygen atoms in total. The van der Waals surface area contributed by atoms with Crippen LogP contribution < -0.4 is 10.6 Å². The summed E-state index contributed by atoms with van der Waals surface area (Å²) in [6, 6.07) is 0.360. The molecule has 5 heteroatoms. The molecule has 4 aliphatic rings. The van der Waals surface area contributed by atoms with Crippen molar-refractivity contribution >= 4 is 11.7 Å². The Hall–Kier alpha value is -1.78. The number of amides is 2. The summed E-state index contributed by atoms with van der Waals surface area (Å²) in [4.78, 5) is 16.3. The van der Waals surface area contributed by atoms with Crippen molar-refractivity contribution in [2.75, 3.05) is 6.54 Å². The van der Waals surface area contributed by atoms with Gasteiger partial charge < -0.3 is 15.2 Å². The first-order valence-electron chi connectivity index (χ1n) is 12.2. The van der Waals surface area contributed by atoms with Gasteiger partial charge in [-0.25, -0.2) is 9.78 Å². The second-order valence-electron chi connectivity index (χ2n) is 10.9. The van der Waals surface area contributed by atoms with Gasteiger partial charge in [0.2, 0.25) is 0 Å². The molecule has 1 unspecified atom stereocenters. The number of urea groups is 1. The molecule has 0 aromatic carbocycles. The van der Waals surface area contributed by atoms with Crippen molar-refractivity contribution in [2.45, 2.75) is 78.2 Å². The molecule has 0 saturated heterocycles. The minimum absolute atomic E-state index is 0.0114. The molecule has 0 radical (unpaired) electrons. The predicted molar refractivity (Wildman–Crippen MR) is 120 cm³/mol. The molecule has 3 fully saturated rings. The van der Waals surface area contributed by atoms with E-state index < -0.39 is 0 Å². The summed E-state index contributed by atoms with van der Waals surface area (Å²) in [5.41, 5.74) is 2.23. The van der Waals surface area contributed by atoms with E-state index in [1.165, 1.54) is 44.2 Å². The summed E-state index contributed by atoms with van der Waals surface area (Å²) >= 11 is 0. The lowest BCUT2D eigenvalue weighted by atomic mass is 9.45. The minimum Gasteiger partial charge on any atom is -0.338 e. The molecule has 1 aromatic rings. The van der Waals surface area contributed by atoms with E-state index in [1.54, 1.807) is 0 Å². The minimum atomic E-state index is 0.0114. The number of allylic oxidation sites excluding steroid dienone is 2. The first-order chi connectivity index (χ1) is 14.5. The van der Waals surface area contributed by atoms with E-state index in [0.29, 0.717) is 23.4 Å². The molecule has 3 saturated carbocycles. The van der Waals surface area contributed by atoms with Crippen LogP contribution in [-0.2, 0) is 0 Å². The highest BCUT2D eigenvalue weighted by molar-refractivity contribution is 5.74. The van der Waals surface area contributed by atoms with Gasteiger partial charge in [-0.2, -0.15) is 0 Å². The molecular formula is C25H38N4O. The fourth-order valence-electron chi connectivity index (χ4n) is 8.13. The summed E-state index contributed by atoms with van der Waals surface area (Å²) in [6.45, 7) is 7.79. The molecule has 2 N–H and O–H groups in total. The highest BCUT2D eigenvalue weighted by Crippen LogP contribution is 2.66. The number of rotatable bonds is 3. The summed E-state index contributed by atoms with van der Waals surface area (Å²) in [7, 11) is 0. The van der Waals surface area contributed by atoms with Gasteiger partial charge in [-0.1, -0.05) is 19.9 Å². The Morgan fingerprint density at radius 3 is 2.83 bits per heavy atom. The molecule has 4 aliphatic carbocycles. The topological polar surface area (TPSA) is 59.0 Å². The standard InChI is InChI=1S/C25H38N4O/c1-4-27-23(30)28-18-9-11-24(2)17(15-18)5-6-19-20-7-8-22(29-14-13-26-16-29)25(20,3)12-10-21(19)24/h8,13-14,16-21H,4-7,9-12,15H2,1-3H3,(H2,27,28,30)/t17?,18-,19+,20+,21+,24+,25+/m1/s1. The lowest BCUT2D eigenvalue weighted by molar-refractivity contribution is -0.0999. The maximum atomic E-state index is 12.0. The van der Waals surface area contributed by atoms with E-state index in [0.717, 1.165) is 36.5 Å². The van der Waals surface area contributed by atoms with Crippen LogP contribution in [0.25, 0.3) is 5.70 Å². The van der Waals surface area contributed by atoms with Crippen LogP contribution in [0.5, 0.6) is 0 Å². The Morgan fingerprint density at radius 2 is 2.07 bits per heavy atom. The number of fused-ring (bicyclic) bond motifs is 5. The smallest absolute Gasteiger partial charge is 0.314 e. The molecule has 5 rings (SSSR count). The second-order valence-corrected chi connectivity index (χ2v) is 10.9. The third-order valence-corrected chi connectivity index (χ3v) is 9.66. The third kappa shape index (κ3) is 3.03. The lowest BCUT2D eigenvalue weighted by Crippen LogP contribution is -2.55. The van der Waals surface area contributed by atoms with E-state index in [1.807, 2.05) is 19.4 Å². The molecule has 164 valence electrons. The van der Waals surface area contributed by atoms with Crippen molar-refractivity contribution in [2.24, 2.45) is 34.5 Å². The quantitative estimate of drug-likeness (QED) is 0.731. The largest absolute Gasteiger partial charge is 0.338 e. The fraction of sp³-hybridized carbons (Fsp3) is 0.760. The molecule has 1 aromatic heterocycles. The Balaban J connectivity index is 1.31. The van der Waals surface area contributed by atoms with E-state index >= 15 is 0 Å². The van der Waals surface area contributed by atoms with E-state index in [-0.39, 0.29) is 6.03 Å². The Morgan fingerprint density at radius 1 is 1.20 bits per heavy atom. The Kier molecular flexibility index (Phi) is 4.98. The number of imidazole rings is 1. The van der Waals surface area contributed by atoms with Crippen LogP contribution in [0.1, 0.15) is 72.1 Å². The van der Waals surface area contributed by atoms with Gasteiger partial charge in [0.1, 0.15) is 0 Å². The number of nitrogens with zero attached hydrogens (tertiary/aromatic N) is 2. The van der Waals surface area contributed by atoms with Crippen LogP contribution in [0.2, 0.25) is 0 Å². The number of carbonyl (C=O) groups excluding carboxylic acids is 1. The Labute approximate surface area is 181 Å². The number of nitrogens with one attached hydrogen (secondary N) is 2. The molecule has 30 heavy (non-hydrogen) atoms. The van der Waals surface area contributed by atoms with Crippen molar-refractivity contribution < 1.29 is 4.79 Å². The number of hydrogen-bond acceptors (Lipinski definition) is 2. The zero-order chi connectivity index (χ0) is 20.9. The van der Waals surface area contributed by atoms with Crippen LogP contribution in [0.4, 0.5) is 4.79 Å². The molecule has 0 aliphatic heterocycles. The molecule has 0 bridgehead atoms. The van der Waals surface area contributed by atoms with Crippen LogP contribution >= 0.6 is 0 Å². The zero-order valence-corrected chi connectivity index (χ0v) is 18.9. The first kappa shape index (κ1) is 20.1. The van der Waals surface area contributed by atoms with Crippen molar-refractivity contribution in [3.8, 4) is 0 Å². The fourth-order valence-corrected chi connectivity index (χ4v) is 8.13. The van der Waals surface area contributed by atoms with Crippen LogP contribution in [0, 0.1) is 34.5 Å². The summed E-state index contributed by atoms with van der Waals surface area (Å²) in [6.07, 6.45) is 18.7. The van der Waals surface area contributed by atoms with Gasteiger partial charge in [-0.3, -0.25) is 0 Å². The van der Waals surface area contributed by atoms with Gasteiger partial charge >= 0.3 is 6.03 Å². The highest BCUT2D eigenvalue weighted by Gasteiger charge is 2.58. The van der Waals surface area contributed by atoms with Crippen LogP contribution in [0.3, 0.4) is 0 Å². The highest BCUT2D eigenvalue weighted by atomic mass is 16.2. The van der Waals surface area contributed by atoms with Crippen LogP contribution in [-0.4, -0.2) is 28.2 Å².